The van der Waals surface area contributed by atoms with Gasteiger partial charge in [-0.3, -0.25) is 4.79 Å². The lowest BCUT2D eigenvalue weighted by Gasteiger charge is -2.29. The number of amides is 1. The van der Waals surface area contributed by atoms with E-state index >= 15 is 0 Å². The van der Waals surface area contributed by atoms with Gasteiger partial charge in [-0.25, -0.2) is 4.79 Å². The number of carboxylic acid groups (broad SMARTS) is 1. The smallest absolute Gasteiger partial charge is 0.329 e. The average Bonchev–Trinajstić information content (AvgIpc) is 2.66. The predicted molar refractivity (Wildman–Crippen MR) is 72.0 cm³/mol. The predicted octanol–water partition coefficient (Wildman–Crippen LogP) is 2.59. The highest BCUT2D eigenvalue weighted by atomic mass is 16.4. The lowest BCUT2D eigenvalue weighted by molar-refractivity contribution is -0.145. The summed E-state index contributed by atoms with van der Waals surface area (Å²) in [5.74, 6) is -1.22. The summed E-state index contributed by atoms with van der Waals surface area (Å²) < 4.78 is 0. The highest BCUT2D eigenvalue weighted by Crippen LogP contribution is 2.27. The topological polar surface area (TPSA) is 66.4 Å². The van der Waals surface area contributed by atoms with E-state index in [0.717, 1.165) is 25.7 Å². The fourth-order valence-corrected chi connectivity index (χ4v) is 2.60. The fourth-order valence-electron chi connectivity index (χ4n) is 2.60. The van der Waals surface area contributed by atoms with Gasteiger partial charge in [0.2, 0.25) is 0 Å². The second-order valence-electron chi connectivity index (χ2n) is 5.12. The molecule has 0 aliphatic heterocycles. The molecule has 1 aliphatic rings. The Kier molecular flexibility index (Phi) is 4.20. The van der Waals surface area contributed by atoms with Gasteiger partial charge in [-0.05, 0) is 25.0 Å². The Labute approximate surface area is 112 Å². The van der Waals surface area contributed by atoms with Gasteiger partial charge in [0.25, 0.3) is 5.91 Å². The van der Waals surface area contributed by atoms with Gasteiger partial charge in [0.05, 0.1) is 0 Å². The first-order chi connectivity index (χ1) is 9.14. The molecule has 4 heteroatoms. The molecule has 1 aliphatic carbocycles. The number of nitrogens with one attached hydrogen (secondary N) is 1. The van der Waals surface area contributed by atoms with Crippen molar-refractivity contribution in [3.05, 3.63) is 35.9 Å². The number of aliphatic carboxylic acids is 1. The van der Waals surface area contributed by atoms with Crippen LogP contribution in [-0.4, -0.2) is 22.5 Å². The molecule has 0 atom stereocenters. The maximum absolute atomic E-state index is 12.2. The van der Waals surface area contributed by atoms with Crippen LogP contribution in [0.4, 0.5) is 0 Å². The van der Waals surface area contributed by atoms with Gasteiger partial charge in [-0.2, -0.15) is 0 Å². The summed E-state index contributed by atoms with van der Waals surface area (Å²) >= 11 is 0. The number of carbonyl (C=O) groups excluding carboxylic acids is 1. The number of rotatable bonds is 3. The third-order valence-corrected chi connectivity index (χ3v) is 3.76. The van der Waals surface area contributed by atoms with Gasteiger partial charge in [0.15, 0.2) is 0 Å². The maximum atomic E-state index is 12.2. The molecule has 4 nitrogen and oxygen atoms in total. The van der Waals surface area contributed by atoms with E-state index in [1.807, 2.05) is 6.07 Å². The lowest BCUT2D eigenvalue weighted by Crippen LogP contribution is -2.54. The molecule has 1 amide bonds. The highest BCUT2D eigenvalue weighted by molar-refractivity contribution is 5.97. The van der Waals surface area contributed by atoms with Gasteiger partial charge < -0.3 is 10.4 Å². The molecule has 1 aromatic carbocycles. The first-order valence-electron chi connectivity index (χ1n) is 6.75. The molecular formula is C15H19NO3. The summed E-state index contributed by atoms with van der Waals surface area (Å²) in [6.45, 7) is 0. The Morgan fingerprint density at radius 3 is 2.11 bits per heavy atom. The molecular weight excluding hydrogens is 242 g/mol. The highest BCUT2D eigenvalue weighted by Gasteiger charge is 2.40. The van der Waals surface area contributed by atoms with Crippen LogP contribution in [0.15, 0.2) is 30.3 Å². The summed E-state index contributed by atoms with van der Waals surface area (Å²) in [6, 6.07) is 8.77. The SMILES string of the molecule is O=C(NC1(C(=O)O)CCCCCC1)c1ccccc1. The molecule has 0 heterocycles. The Bertz CT molecular complexity index is 448. The first kappa shape index (κ1) is 13.6. The number of carbonyl (C=O) groups is 2. The Hall–Kier alpha value is -1.84. The van der Waals surface area contributed by atoms with Crippen LogP contribution in [0.2, 0.25) is 0 Å². The van der Waals surface area contributed by atoms with Gasteiger partial charge >= 0.3 is 5.97 Å². The lowest BCUT2D eigenvalue weighted by atomic mass is 9.90. The van der Waals surface area contributed by atoms with E-state index in [2.05, 4.69) is 5.32 Å². The minimum absolute atomic E-state index is 0.301. The minimum Gasteiger partial charge on any atom is -0.480 e. The molecule has 0 spiro atoms. The quantitative estimate of drug-likeness (QED) is 0.822. The van der Waals surface area contributed by atoms with Crippen molar-refractivity contribution in [1.29, 1.82) is 0 Å². The van der Waals surface area contributed by atoms with E-state index < -0.39 is 11.5 Å². The van der Waals surface area contributed by atoms with E-state index in [9.17, 15) is 14.7 Å². The van der Waals surface area contributed by atoms with Gasteiger partial charge in [0.1, 0.15) is 5.54 Å². The van der Waals surface area contributed by atoms with Gasteiger partial charge in [-0.1, -0.05) is 43.9 Å². The van der Waals surface area contributed by atoms with Crippen molar-refractivity contribution in [3.63, 3.8) is 0 Å². The Morgan fingerprint density at radius 2 is 1.58 bits per heavy atom. The standard InChI is InChI=1S/C15H19NO3/c17-13(12-8-4-3-5-9-12)16-15(14(18)19)10-6-1-2-7-11-15/h3-5,8-9H,1-2,6-7,10-11H2,(H,16,17)(H,18,19). The average molecular weight is 261 g/mol. The van der Waals surface area contributed by atoms with E-state index in [0.29, 0.717) is 18.4 Å². The van der Waals surface area contributed by atoms with E-state index in [4.69, 9.17) is 0 Å². The Morgan fingerprint density at radius 1 is 1.00 bits per heavy atom. The number of hydrogen-bond acceptors (Lipinski definition) is 2. The molecule has 2 N–H and O–H groups in total. The maximum Gasteiger partial charge on any atom is 0.329 e. The van der Waals surface area contributed by atoms with Crippen LogP contribution >= 0.6 is 0 Å². The van der Waals surface area contributed by atoms with E-state index in [1.165, 1.54) is 0 Å². The van der Waals surface area contributed by atoms with Crippen LogP contribution < -0.4 is 5.32 Å². The van der Waals surface area contributed by atoms with Crippen LogP contribution in [-0.2, 0) is 4.79 Å². The summed E-state index contributed by atoms with van der Waals surface area (Å²) in [6.07, 6.45) is 4.80. The summed E-state index contributed by atoms with van der Waals surface area (Å²) in [5, 5.41) is 12.2. The van der Waals surface area contributed by atoms with Gasteiger partial charge in [-0.15, -0.1) is 0 Å². The zero-order valence-corrected chi connectivity index (χ0v) is 10.9. The molecule has 1 aromatic rings. The fraction of sp³-hybridized carbons (Fsp3) is 0.467. The second-order valence-corrected chi connectivity index (χ2v) is 5.12. The van der Waals surface area contributed by atoms with Gasteiger partial charge in [0, 0.05) is 5.56 Å². The minimum atomic E-state index is -1.09. The van der Waals surface area contributed by atoms with E-state index in [-0.39, 0.29) is 5.91 Å². The molecule has 2 rings (SSSR count). The summed E-state index contributed by atoms with van der Waals surface area (Å²) in [5.41, 5.74) is -0.587. The molecule has 0 unspecified atom stereocenters. The molecule has 1 fully saturated rings. The summed E-state index contributed by atoms with van der Waals surface area (Å²) in [4.78, 5) is 23.7. The molecule has 1 saturated carbocycles. The molecule has 0 radical (unpaired) electrons. The van der Waals surface area contributed by atoms with Crippen molar-refractivity contribution >= 4 is 11.9 Å². The third kappa shape index (κ3) is 3.13. The van der Waals surface area contributed by atoms with E-state index in [1.54, 1.807) is 24.3 Å². The van der Waals surface area contributed by atoms with Crippen molar-refractivity contribution in [2.75, 3.05) is 0 Å². The monoisotopic (exact) mass is 261 g/mol. The normalized spacial score (nSPS) is 18.3. The number of hydrogen-bond donors (Lipinski definition) is 2. The molecule has 0 saturated heterocycles. The van der Waals surface area contributed by atoms with Crippen LogP contribution in [0.5, 0.6) is 0 Å². The van der Waals surface area contributed by atoms with Crippen molar-refractivity contribution in [2.24, 2.45) is 0 Å². The van der Waals surface area contributed by atoms with Crippen molar-refractivity contribution < 1.29 is 14.7 Å². The zero-order valence-electron chi connectivity index (χ0n) is 10.9. The van der Waals surface area contributed by atoms with Crippen molar-refractivity contribution in [2.45, 2.75) is 44.1 Å². The third-order valence-electron chi connectivity index (χ3n) is 3.76. The molecule has 0 aromatic heterocycles. The molecule has 19 heavy (non-hydrogen) atoms. The van der Waals surface area contributed by atoms with Crippen LogP contribution in [0, 0.1) is 0 Å². The van der Waals surface area contributed by atoms with Crippen molar-refractivity contribution in [1.82, 2.24) is 5.32 Å². The first-order valence-corrected chi connectivity index (χ1v) is 6.75. The van der Waals surface area contributed by atoms with Crippen LogP contribution in [0.3, 0.4) is 0 Å². The summed E-state index contributed by atoms with van der Waals surface area (Å²) in [7, 11) is 0. The number of benzene rings is 1. The molecule has 0 bridgehead atoms. The van der Waals surface area contributed by atoms with Crippen LogP contribution in [0.1, 0.15) is 48.9 Å². The van der Waals surface area contributed by atoms with Crippen molar-refractivity contribution in [3.8, 4) is 0 Å². The number of carboxylic acids is 1. The molecule has 102 valence electrons. The van der Waals surface area contributed by atoms with Crippen LogP contribution in [0.25, 0.3) is 0 Å². The second kappa shape index (κ2) is 5.87. The zero-order chi connectivity index (χ0) is 13.7. The Balaban J connectivity index is 2.17. The largest absolute Gasteiger partial charge is 0.480 e.